The van der Waals surface area contributed by atoms with Crippen LogP contribution >= 0.6 is 46.4 Å². The Morgan fingerprint density at radius 1 is 0.905 bits per heavy atom. The number of hydrogen-bond acceptors (Lipinski definition) is 2. The van der Waals surface area contributed by atoms with Gasteiger partial charge in [0.15, 0.2) is 0 Å². The molecule has 0 aliphatic rings. The third-order valence-electron chi connectivity index (χ3n) is 2.51. The van der Waals surface area contributed by atoms with Gasteiger partial charge in [0.05, 0.1) is 26.3 Å². The number of halogens is 4. The van der Waals surface area contributed by atoms with Crippen molar-refractivity contribution in [2.24, 2.45) is 5.10 Å². The summed E-state index contributed by atoms with van der Waals surface area (Å²) in [4.78, 5) is 11.8. The highest BCUT2D eigenvalue weighted by atomic mass is 35.5. The van der Waals surface area contributed by atoms with E-state index in [-0.39, 0.29) is 0 Å². The fraction of sp³-hybridized carbons (Fsp3) is 0. The SMILES string of the molecule is O=C(NN=Cc1ccc(Cl)c(Cl)c1)c1ccc(Cl)c(Cl)c1. The molecule has 0 aromatic heterocycles. The summed E-state index contributed by atoms with van der Waals surface area (Å²) in [6.45, 7) is 0. The molecule has 0 unspecified atom stereocenters. The highest BCUT2D eigenvalue weighted by Gasteiger charge is 2.06. The number of hydrazone groups is 1. The topological polar surface area (TPSA) is 41.5 Å². The van der Waals surface area contributed by atoms with E-state index in [0.717, 1.165) is 0 Å². The maximum absolute atomic E-state index is 11.8. The average Bonchev–Trinajstić information content (AvgIpc) is 2.45. The van der Waals surface area contributed by atoms with Crippen molar-refractivity contribution in [3.05, 3.63) is 67.6 Å². The molecule has 1 N–H and O–H groups in total. The number of rotatable bonds is 3. The normalized spacial score (nSPS) is 10.9. The zero-order valence-corrected chi connectivity index (χ0v) is 13.4. The zero-order chi connectivity index (χ0) is 15.4. The number of hydrogen-bond donors (Lipinski definition) is 1. The summed E-state index contributed by atoms with van der Waals surface area (Å²) in [5.41, 5.74) is 3.45. The molecule has 0 atom stereocenters. The molecule has 0 fully saturated rings. The Labute approximate surface area is 141 Å². The summed E-state index contributed by atoms with van der Waals surface area (Å²) < 4.78 is 0. The lowest BCUT2D eigenvalue weighted by atomic mass is 10.2. The molecule has 0 radical (unpaired) electrons. The first kappa shape index (κ1) is 16.1. The molecule has 0 aliphatic carbocycles. The van der Waals surface area contributed by atoms with Crippen LogP contribution in [0.1, 0.15) is 15.9 Å². The molecule has 0 saturated carbocycles. The summed E-state index contributed by atoms with van der Waals surface area (Å²) in [5.74, 6) is -0.398. The first-order chi connectivity index (χ1) is 9.97. The molecule has 2 aromatic carbocycles. The second kappa shape index (κ2) is 7.14. The minimum atomic E-state index is -0.398. The van der Waals surface area contributed by atoms with Gasteiger partial charge in [0.25, 0.3) is 5.91 Å². The van der Waals surface area contributed by atoms with E-state index in [2.05, 4.69) is 10.5 Å². The van der Waals surface area contributed by atoms with Crippen LogP contribution in [0.2, 0.25) is 20.1 Å². The highest BCUT2D eigenvalue weighted by molar-refractivity contribution is 6.42. The fourth-order valence-corrected chi connectivity index (χ4v) is 2.06. The van der Waals surface area contributed by atoms with E-state index in [1.54, 1.807) is 30.3 Å². The Balaban J connectivity index is 2.04. The van der Waals surface area contributed by atoms with Crippen LogP contribution in [-0.2, 0) is 0 Å². The summed E-state index contributed by atoms with van der Waals surface area (Å²) >= 11 is 23.3. The Hall–Kier alpha value is -1.26. The van der Waals surface area contributed by atoms with E-state index >= 15 is 0 Å². The van der Waals surface area contributed by atoms with Crippen molar-refractivity contribution in [3.63, 3.8) is 0 Å². The first-order valence-electron chi connectivity index (χ1n) is 5.71. The highest BCUT2D eigenvalue weighted by Crippen LogP contribution is 2.23. The lowest BCUT2D eigenvalue weighted by Gasteiger charge is -2.02. The quantitative estimate of drug-likeness (QED) is 0.602. The Kier molecular flexibility index (Phi) is 5.48. The molecule has 108 valence electrons. The molecule has 2 aromatic rings. The molecule has 21 heavy (non-hydrogen) atoms. The molecule has 3 nitrogen and oxygen atoms in total. The third-order valence-corrected chi connectivity index (χ3v) is 3.98. The van der Waals surface area contributed by atoms with Gasteiger partial charge in [-0.3, -0.25) is 4.79 Å². The molecule has 7 heteroatoms. The van der Waals surface area contributed by atoms with Crippen molar-refractivity contribution in [1.82, 2.24) is 5.43 Å². The molecule has 0 aliphatic heterocycles. The second-order valence-electron chi connectivity index (χ2n) is 4.00. The molecule has 0 heterocycles. The lowest BCUT2D eigenvalue weighted by Crippen LogP contribution is -2.17. The summed E-state index contributed by atoms with van der Waals surface area (Å²) in [7, 11) is 0. The molecule has 0 saturated heterocycles. The van der Waals surface area contributed by atoms with Crippen molar-refractivity contribution in [3.8, 4) is 0 Å². The number of carbonyl (C=O) groups excluding carboxylic acids is 1. The van der Waals surface area contributed by atoms with Gasteiger partial charge >= 0.3 is 0 Å². The van der Waals surface area contributed by atoms with Crippen molar-refractivity contribution < 1.29 is 4.79 Å². The summed E-state index contributed by atoms with van der Waals surface area (Å²) in [6.07, 6.45) is 1.46. The van der Waals surface area contributed by atoms with Gasteiger partial charge in [-0.15, -0.1) is 0 Å². The maximum Gasteiger partial charge on any atom is 0.271 e. The smallest absolute Gasteiger partial charge is 0.267 e. The van der Waals surface area contributed by atoms with Crippen LogP contribution in [0.5, 0.6) is 0 Å². The van der Waals surface area contributed by atoms with Crippen molar-refractivity contribution in [2.45, 2.75) is 0 Å². The standard InChI is InChI=1S/C14H8Cl4N2O/c15-10-3-1-8(5-12(10)17)7-19-20-14(21)9-2-4-11(16)13(18)6-9/h1-7H,(H,20,21). The van der Waals surface area contributed by atoms with Gasteiger partial charge in [-0.25, -0.2) is 5.43 Å². The van der Waals surface area contributed by atoms with E-state index in [1.807, 2.05) is 0 Å². The average molecular weight is 362 g/mol. The number of benzene rings is 2. The van der Waals surface area contributed by atoms with Crippen LogP contribution in [0.15, 0.2) is 41.5 Å². The Morgan fingerprint density at radius 2 is 1.52 bits per heavy atom. The predicted molar refractivity (Wildman–Crippen MR) is 88.0 cm³/mol. The van der Waals surface area contributed by atoms with E-state index < -0.39 is 5.91 Å². The molecule has 0 bridgehead atoms. The van der Waals surface area contributed by atoms with Crippen molar-refractivity contribution >= 4 is 58.5 Å². The van der Waals surface area contributed by atoms with E-state index in [0.29, 0.717) is 31.2 Å². The van der Waals surface area contributed by atoms with Gasteiger partial charge in [-0.1, -0.05) is 52.5 Å². The van der Waals surface area contributed by atoms with Gasteiger partial charge in [0.1, 0.15) is 0 Å². The summed E-state index contributed by atoms with van der Waals surface area (Å²) in [5, 5.41) is 5.39. The van der Waals surface area contributed by atoms with E-state index in [1.165, 1.54) is 12.3 Å². The van der Waals surface area contributed by atoms with Crippen molar-refractivity contribution in [2.75, 3.05) is 0 Å². The van der Waals surface area contributed by atoms with Gasteiger partial charge in [-0.05, 0) is 35.9 Å². The minimum Gasteiger partial charge on any atom is -0.267 e. The van der Waals surface area contributed by atoms with Crippen LogP contribution in [0.3, 0.4) is 0 Å². The number of carbonyl (C=O) groups is 1. The van der Waals surface area contributed by atoms with Crippen LogP contribution in [0.4, 0.5) is 0 Å². The second-order valence-corrected chi connectivity index (χ2v) is 5.63. The van der Waals surface area contributed by atoms with Crippen LogP contribution < -0.4 is 5.43 Å². The maximum atomic E-state index is 11.8. The molecule has 0 spiro atoms. The van der Waals surface area contributed by atoms with E-state index in [9.17, 15) is 4.79 Å². The molecular weight excluding hydrogens is 354 g/mol. The zero-order valence-electron chi connectivity index (χ0n) is 10.4. The lowest BCUT2D eigenvalue weighted by molar-refractivity contribution is 0.0955. The minimum absolute atomic E-state index is 0.303. The van der Waals surface area contributed by atoms with Crippen LogP contribution in [0, 0.1) is 0 Å². The fourth-order valence-electron chi connectivity index (χ4n) is 1.46. The first-order valence-corrected chi connectivity index (χ1v) is 7.22. The van der Waals surface area contributed by atoms with Gasteiger partial charge in [-0.2, -0.15) is 5.10 Å². The Bertz CT molecular complexity index is 716. The number of amides is 1. The predicted octanol–water partition coefficient (Wildman–Crippen LogP) is 5.06. The Morgan fingerprint density at radius 3 is 2.14 bits per heavy atom. The van der Waals surface area contributed by atoms with Gasteiger partial charge in [0.2, 0.25) is 0 Å². The van der Waals surface area contributed by atoms with Crippen LogP contribution in [0.25, 0.3) is 0 Å². The van der Waals surface area contributed by atoms with Gasteiger partial charge < -0.3 is 0 Å². The third kappa shape index (κ3) is 4.35. The number of nitrogens with one attached hydrogen (secondary N) is 1. The largest absolute Gasteiger partial charge is 0.271 e. The number of nitrogens with zero attached hydrogens (tertiary/aromatic N) is 1. The monoisotopic (exact) mass is 360 g/mol. The van der Waals surface area contributed by atoms with Crippen molar-refractivity contribution in [1.29, 1.82) is 0 Å². The molecular formula is C14H8Cl4N2O. The van der Waals surface area contributed by atoms with Crippen LogP contribution in [-0.4, -0.2) is 12.1 Å². The summed E-state index contributed by atoms with van der Waals surface area (Å²) in [6, 6.07) is 9.57. The molecule has 1 amide bonds. The molecule has 2 rings (SSSR count). The van der Waals surface area contributed by atoms with Gasteiger partial charge in [0, 0.05) is 5.56 Å². The van der Waals surface area contributed by atoms with E-state index in [4.69, 9.17) is 46.4 Å².